The van der Waals surface area contributed by atoms with E-state index >= 15 is 0 Å². The van der Waals surface area contributed by atoms with E-state index in [4.69, 9.17) is 16.3 Å². The molecule has 3 rings (SSSR count). The van der Waals surface area contributed by atoms with Crippen molar-refractivity contribution in [1.29, 1.82) is 0 Å². The fraction of sp³-hybridized carbons (Fsp3) is 0.318. The maximum absolute atomic E-state index is 12.4. The molecule has 2 amide bonds. The van der Waals surface area contributed by atoms with E-state index in [2.05, 4.69) is 21.2 Å². The molecular weight excluding hydrogens is 472 g/mol. The molecular formula is C22H22BrClN2O4. The Hall–Kier alpha value is -2.38. The zero-order valence-corrected chi connectivity index (χ0v) is 19.3. The van der Waals surface area contributed by atoms with Crippen LogP contribution in [0.4, 0.5) is 11.4 Å². The first kappa shape index (κ1) is 22.3. The van der Waals surface area contributed by atoms with Gasteiger partial charge in [0.15, 0.2) is 6.61 Å². The van der Waals surface area contributed by atoms with E-state index in [0.29, 0.717) is 16.3 Å². The summed E-state index contributed by atoms with van der Waals surface area (Å²) >= 11 is 9.48. The summed E-state index contributed by atoms with van der Waals surface area (Å²) in [6, 6.07) is 9.25. The van der Waals surface area contributed by atoms with Crippen LogP contribution in [0, 0.1) is 26.7 Å². The van der Waals surface area contributed by atoms with Crippen molar-refractivity contribution in [2.24, 2.45) is 5.92 Å². The molecule has 8 heteroatoms. The second kappa shape index (κ2) is 9.18. The van der Waals surface area contributed by atoms with Crippen molar-refractivity contribution >= 4 is 56.7 Å². The number of amides is 2. The van der Waals surface area contributed by atoms with E-state index in [1.165, 1.54) is 0 Å². The fourth-order valence-electron chi connectivity index (χ4n) is 3.43. The van der Waals surface area contributed by atoms with Crippen molar-refractivity contribution in [3.8, 4) is 0 Å². The summed E-state index contributed by atoms with van der Waals surface area (Å²) in [4.78, 5) is 38.6. The summed E-state index contributed by atoms with van der Waals surface area (Å²) in [5.74, 6) is -1.76. The first-order valence-corrected chi connectivity index (χ1v) is 10.6. The van der Waals surface area contributed by atoms with Crippen molar-refractivity contribution in [3.05, 3.63) is 56.5 Å². The highest BCUT2D eigenvalue weighted by atomic mass is 79.9. The molecule has 0 saturated carbocycles. The summed E-state index contributed by atoms with van der Waals surface area (Å²) in [7, 11) is 0. The highest BCUT2D eigenvalue weighted by molar-refractivity contribution is 9.10. The highest BCUT2D eigenvalue weighted by Crippen LogP contribution is 2.31. The lowest BCUT2D eigenvalue weighted by Crippen LogP contribution is -2.28. The lowest BCUT2D eigenvalue weighted by molar-refractivity contribution is -0.151. The zero-order chi connectivity index (χ0) is 22.0. The van der Waals surface area contributed by atoms with Crippen LogP contribution in [-0.4, -0.2) is 30.9 Å². The Balaban J connectivity index is 1.57. The van der Waals surface area contributed by atoms with Gasteiger partial charge in [0.1, 0.15) is 0 Å². The number of halogens is 2. The van der Waals surface area contributed by atoms with Crippen LogP contribution in [0.25, 0.3) is 0 Å². The van der Waals surface area contributed by atoms with E-state index in [9.17, 15) is 14.4 Å². The Morgan fingerprint density at radius 3 is 2.67 bits per heavy atom. The van der Waals surface area contributed by atoms with Crippen LogP contribution in [0.1, 0.15) is 23.1 Å². The van der Waals surface area contributed by atoms with Crippen molar-refractivity contribution in [2.45, 2.75) is 27.2 Å². The predicted octanol–water partition coefficient (Wildman–Crippen LogP) is 4.56. The van der Waals surface area contributed by atoms with Gasteiger partial charge >= 0.3 is 5.97 Å². The second-order valence-corrected chi connectivity index (χ2v) is 8.62. The van der Waals surface area contributed by atoms with Crippen molar-refractivity contribution < 1.29 is 19.1 Å². The molecule has 0 aromatic heterocycles. The monoisotopic (exact) mass is 492 g/mol. The van der Waals surface area contributed by atoms with Crippen LogP contribution in [0.2, 0.25) is 5.02 Å². The fourth-order valence-corrected chi connectivity index (χ4v) is 4.03. The number of nitrogens with zero attached hydrogens (tertiary/aromatic N) is 1. The Morgan fingerprint density at radius 2 is 1.97 bits per heavy atom. The van der Waals surface area contributed by atoms with Gasteiger partial charge in [0.05, 0.1) is 10.9 Å². The maximum atomic E-state index is 12.4. The average molecular weight is 494 g/mol. The number of carbonyl (C=O) groups is 3. The normalized spacial score (nSPS) is 16.0. The van der Waals surface area contributed by atoms with Crippen LogP contribution in [-0.2, 0) is 19.1 Å². The molecule has 30 heavy (non-hydrogen) atoms. The summed E-state index contributed by atoms with van der Waals surface area (Å²) in [5, 5.41) is 3.18. The van der Waals surface area contributed by atoms with E-state index in [1.54, 1.807) is 24.0 Å². The number of nitrogens with one attached hydrogen (secondary N) is 1. The van der Waals surface area contributed by atoms with E-state index in [1.807, 2.05) is 32.0 Å². The maximum Gasteiger partial charge on any atom is 0.311 e. The summed E-state index contributed by atoms with van der Waals surface area (Å²) in [6.07, 6.45) is 0.0647. The highest BCUT2D eigenvalue weighted by Gasteiger charge is 2.36. The molecule has 0 radical (unpaired) electrons. The van der Waals surface area contributed by atoms with Crippen molar-refractivity contribution in [3.63, 3.8) is 0 Å². The number of ether oxygens (including phenoxy) is 1. The molecule has 2 aromatic carbocycles. The molecule has 1 heterocycles. The molecule has 1 N–H and O–H groups in total. The van der Waals surface area contributed by atoms with Gasteiger partial charge in [-0.1, -0.05) is 29.3 Å². The van der Waals surface area contributed by atoms with Gasteiger partial charge in [0, 0.05) is 28.8 Å². The lowest BCUT2D eigenvalue weighted by Gasteiger charge is -2.19. The Labute approximate surface area is 188 Å². The SMILES string of the molecule is Cc1ccc(N2C[C@H](C(=O)OCC(=O)Nc3ccc(Br)c(Cl)c3C)CC2=O)c(C)c1. The van der Waals surface area contributed by atoms with E-state index in [-0.39, 0.29) is 18.9 Å². The quantitative estimate of drug-likeness (QED) is 0.620. The summed E-state index contributed by atoms with van der Waals surface area (Å²) < 4.78 is 5.89. The average Bonchev–Trinajstić information content (AvgIpc) is 3.08. The van der Waals surface area contributed by atoms with Crippen LogP contribution < -0.4 is 10.2 Å². The Morgan fingerprint density at radius 1 is 1.23 bits per heavy atom. The van der Waals surface area contributed by atoms with Crippen molar-refractivity contribution in [2.75, 3.05) is 23.4 Å². The third-order valence-electron chi connectivity index (χ3n) is 5.06. The molecule has 1 aliphatic heterocycles. The molecule has 0 spiro atoms. The number of anilines is 2. The lowest BCUT2D eigenvalue weighted by atomic mass is 10.1. The standard InChI is InChI=1S/C22H22BrClN2O4/c1-12-4-7-18(13(2)8-12)26-10-15(9-20(26)28)22(29)30-11-19(27)25-17-6-5-16(23)21(24)14(17)3/h4-8,15H,9-11H2,1-3H3,(H,25,27)/t15-/m1/s1. The second-order valence-electron chi connectivity index (χ2n) is 7.39. The molecule has 0 bridgehead atoms. The largest absolute Gasteiger partial charge is 0.455 e. The minimum Gasteiger partial charge on any atom is -0.455 e. The molecule has 2 aromatic rings. The van der Waals surface area contributed by atoms with Gasteiger partial charge in [-0.15, -0.1) is 0 Å². The Bertz CT molecular complexity index is 1020. The Kier molecular flexibility index (Phi) is 6.83. The van der Waals surface area contributed by atoms with Gasteiger partial charge in [0.2, 0.25) is 5.91 Å². The van der Waals surface area contributed by atoms with Crippen LogP contribution in [0.5, 0.6) is 0 Å². The van der Waals surface area contributed by atoms with E-state index < -0.39 is 24.4 Å². The molecule has 6 nitrogen and oxygen atoms in total. The first-order valence-electron chi connectivity index (χ1n) is 9.46. The number of benzene rings is 2. The predicted molar refractivity (Wildman–Crippen MR) is 120 cm³/mol. The van der Waals surface area contributed by atoms with Gasteiger partial charge in [0.25, 0.3) is 5.91 Å². The smallest absolute Gasteiger partial charge is 0.311 e. The third kappa shape index (κ3) is 4.84. The number of hydrogen-bond donors (Lipinski definition) is 1. The van der Waals surface area contributed by atoms with Gasteiger partial charge in [-0.25, -0.2) is 0 Å². The summed E-state index contributed by atoms with van der Waals surface area (Å²) in [5.41, 5.74) is 4.12. The molecule has 1 aliphatic rings. The van der Waals surface area contributed by atoms with Gasteiger partial charge < -0.3 is 15.0 Å². The number of hydrogen-bond acceptors (Lipinski definition) is 4. The van der Waals surface area contributed by atoms with Crippen LogP contribution >= 0.6 is 27.5 Å². The topological polar surface area (TPSA) is 75.7 Å². The van der Waals surface area contributed by atoms with Crippen molar-refractivity contribution in [1.82, 2.24) is 0 Å². The van der Waals surface area contributed by atoms with Gasteiger partial charge in [-0.05, 0) is 66.0 Å². The number of rotatable bonds is 5. The zero-order valence-electron chi connectivity index (χ0n) is 16.9. The minimum atomic E-state index is -0.602. The molecule has 1 fully saturated rings. The molecule has 1 atom stereocenters. The van der Waals surface area contributed by atoms with E-state index in [0.717, 1.165) is 21.3 Å². The number of carbonyl (C=O) groups excluding carboxylic acids is 3. The van der Waals surface area contributed by atoms with Gasteiger partial charge in [-0.3, -0.25) is 14.4 Å². The number of esters is 1. The van der Waals surface area contributed by atoms with Crippen LogP contribution in [0.15, 0.2) is 34.8 Å². The van der Waals surface area contributed by atoms with Gasteiger partial charge in [-0.2, -0.15) is 0 Å². The number of aryl methyl sites for hydroxylation is 2. The minimum absolute atomic E-state index is 0.0647. The third-order valence-corrected chi connectivity index (χ3v) is 6.44. The molecule has 0 aliphatic carbocycles. The summed E-state index contributed by atoms with van der Waals surface area (Å²) in [6.45, 7) is 5.50. The first-order chi connectivity index (χ1) is 14.2. The van der Waals surface area contributed by atoms with Crippen LogP contribution in [0.3, 0.4) is 0 Å². The molecule has 0 unspecified atom stereocenters. The molecule has 158 valence electrons. The molecule has 1 saturated heterocycles.